The number of phenols is 1. The van der Waals surface area contributed by atoms with Crippen molar-refractivity contribution in [2.45, 2.75) is 19.9 Å². The lowest BCUT2D eigenvalue weighted by Gasteiger charge is -2.16. The van der Waals surface area contributed by atoms with Crippen LogP contribution in [0.4, 0.5) is 0 Å². The van der Waals surface area contributed by atoms with Crippen molar-refractivity contribution in [2.75, 3.05) is 13.2 Å². The molecule has 0 amide bonds. The molecular formula is C12H19NO2. The van der Waals surface area contributed by atoms with Gasteiger partial charge < -0.3 is 15.5 Å². The molecule has 0 spiro atoms. The lowest BCUT2D eigenvalue weighted by molar-refractivity contribution is 0.231. The van der Waals surface area contributed by atoms with E-state index in [0.29, 0.717) is 0 Å². The average molecular weight is 209 g/mol. The Morgan fingerprint density at radius 3 is 2.67 bits per heavy atom. The summed E-state index contributed by atoms with van der Waals surface area (Å²) in [6.45, 7) is 4.99. The van der Waals surface area contributed by atoms with Gasteiger partial charge in [0.25, 0.3) is 0 Å². The van der Waals surface area contributed by atoms with Crippen LogP contribution in [-0.2, 0) is 0 Å². The van der Waals surface area contributed by atoms with Gasteiger partial charge in [0.2, 0.25) is 0 Å². The first-order chi connectivity index (χ1) is 7.13. The zero-order valence-electron chi connectivity index (χ0n) is 9.27. The predicted molar refractivity (Wildman–Crippen MR) is 60.8 cm³/mol. The van der Waals surface area contributed by atoms with Crippen LogP contribution in [0.3, 0.4) is 0 Å². The quantitative estimate of drug-likeness (QED) is 0.691. The lowest BCUT2D eigenvalue weighted by Crippen LogP contribution is -2.26. The van der Waals surface area contributed by atoms with Gasteiger partial charge in [-0.1, -0.05) is 19.1 Å². The number of nitrogens with one attached hydrogen (secondary N) is 1. The minimum absolute atomic E-state index is 0.186. The summed E-state index contributed by atoms with van der Waals surface area (Å²) in [6, 6.07) is 7.40. The van der Waals surface area contributed by atoms with Gasteiger partial charge in [0.1, 0.15) is 5.75 Å². The highest BCUT2D eigenvalue weighted by Gasteiger charge is 2.07. The van der Waals surface area contributed by atoms with Crippen LogP contribution in [0.5, 0.6) is 5.75 Å². The van der Waals surface area contributed by atoms with Crippen molar-refractivity contribution in [3.8, 4) is 5.75 Å². The molecule has 0 saturated heterocycles. The number of aliphatic hydroxyl groups is 1. The van der Waals surface area contributed by atoms with Gasteiger partial charge in [0, 0.05) is 19.2 Å². The summed E-state index contributed by atoms with van der Waals surface area (Å²) < 4.78 is 0. The summed E-state index contributed by atoms with van der Waals surface area (Å²) in [6.07, 6.45) is 0. The van der Waals surface area contributed by atoms with Gasteiger partial charge in [0.05, 0.1) is 0 Å². The van der Waals surface area contributed by atoms with Crippen molar-refractivity contribution in [3.05, 3.63) is 29.8 Å². The van der Waals surface area contributed by atoms with E-state index >= 15 is 0 Å². The van der Waals surface area contributed by atoms with Crippen molar-refractivity contribution in [3.63, 3.8) is 0 Å². The Kier molecular flexibility index (Phi) is 4.59. The standard InChI is InChI=1S/C12H19NO2/c1-9(8-14)7-13-10(2)11-4-3-5-12(15)6-11/h3-6,9-10,13-15H,7-8H2,1-2H3. The molecule has 0 aliphatic heterocycles. The van der Waals surface area contributed by atoms with Gasteiger partial charge in [-0.2, -0.15) is 0 Å². The molecule has 2 atom stereocenters. The maximum atomic E-state index is 9.32. The predicted octanol–water partition coefficient (Wildman–Crippen LogP) is 1.67. The van der Waals surface area contributed by atoms with Crippen molar-refractivity contribution in [1.29, 1.82) is 0 Å². The number of hydrogen-bond donors (Lipinski definition) is 3. The maximum absolute atomic E-state index is 9.32. The highest BCUT2D eigenvalue weighted by Crippen LogP contribution is 2.17. The number of benzene rings is 1. The van der Waals surface area contributed by atoms with E-state index in [1.807, 2.05) is 26.0 Å². The molecule has 1 rings (SSSR count). The zero-order valence-corrected chi connectivity index (χ0v) is 9.27. The molecule has 3 nitrogen and oxygen atoms in total. The van der Waals surface area contributed by atoms with E-state index in [1.54, 1.807) is 12.1 Å². The maximum Gasteiger partial charge on any atom is 0.115 e. The third-order valence-electron chi connectivity index (χ3n) is 2.45. The monoisotopic (exact) mass is 209 g/mol. The Hall–Kier alpha value is -1.06. The van der Waals surface area contributed by atoms with E-state index in [1.165, 1.54) is 0 Å². The van der Waals surface area contributed by atoms with E-state index in [4.69, 9.17) is 5.11 Å². The number of aromatic hydroxyl groups is 1. The molecule has 0 aromatic heterocycles. The van der Waals surface area contributed by atoms with E-state index in [2.05, 4.69) is 5.32 Å². The fraction of sp³-hybridized carbons (Fsp3) is 0.500. The van der Waals surface area contributed by atoms with Gasteiger partial charge in [-0.25, -0.2) is 0 Å². The Labute approximate surface area is 90.8 Å². The second-order valence-electron chi connectivity index (χ2n) is 4.01. The fourth-order valence-electron chi connectivity index (χ4n) is 1.35. The second kappa shape index (κ2) is 5.73. The normalized spacial score (nSPS) is 14.9. The van der Waals surface area contributed by atoms with Crippen LogP contribution in [0.25, 0.3) is 0 Å². The second-order valence-corrected chi connectivity index (χ2v) is 4.01. The lowest BCUT2D eigenvalue weighted by atomic mass is 10.1. The van der Waals surface area contributed by atoms with E-state index in [0.717, 1.165) is 12.1 Å². The molecule has 0 bridgehead atoms. The highest BCUT2D eigenvalue weighted by atomic mass is 16.3. The van der Waals surface area contributed by atoms with Crippen molar-refractivity contribution < 1.29 is 10.2 Å². The molecule has 3 heteroatoms. The summed E-state index contributed by atoms with van der Waals surface area (Å²) >= 11 is 0. The zero-order chi connectivity index (χ0) is 11.3. The first-order valence-electron chi connectivity index (χ1n) is 5.26. The number of hydrogen-bond acceptors (Lipinski definition) is 3. The molecule has 2 unspecified atom stereocenters. The first kappa shape index (κ1) is 12.0. The van der Waals surface area contributed by atoms with Crippen LogP contribution < -0.4 is 5.32 Å². The van der Waals surface area contributed by atoms with Crippen LogP contribution in [0, 0.1) is 5.92 Å². The van der Waals surface area contributed by atoms with Gasteiger partial charge in [-0.15, -0.1) is 0 Å². The third kappa shape index (κ3) is 3.90. The Morgan fingerprint density at radius 2 is 2.07 bits per heavy atom. The summed E-state index contributed by atoms with van der Waals surface area (Å²) in [4.78, 5) is 0. The topological polar surface area (TPSA) is 52.5 Å². The molecule has 0 radical (unpaired) electrons. The first-order valence-corrected chi connectivity index (χ1v) is 5.26. The summed E-state index contributed by atoms with van der Waals surface area (Å²) in [5, 5.41) is 21.5. The smallest absolute Gasteiger partial charge is 0.115 e. The molecule has 15 heavy (non-hydrogen) atoms. The van der Waals surface area contributed by atoms with E-state index in [9.17, 15) is 5.11 Å². The Balaban J connectivity index is 2.50. The highest BCUT2D eigenvalue weighted by molar-refractivity contribution is 5.28. The SMILES string of the molecule is CC(CO)CNC(C)c1cccc(O)c1. The van der Waals surface area contributed by atoms with Crippen LogP contribution in [0.2, 0.25) is 0 Å². The molecule has 0 fully saturated rings. The fourth-order valence-corrected chi connectivity index (χ4v) is 1.35. The van der Waals surface area contributed by atoms with Gasteiger partial charge in [-0.3, -0.25) is 0 Å². The van der Waals surface area contributed by atoms with E-state index in [-0.39, 0.29) is 24.3 Å². The molecule has 0 saturated carbocycles. The molecule has 3 N–H and O–H groups in total. The van der Waals surface area contributed by atoms with Gasteiger partial charge in [0.15, 0.2) is 0 Å². The molecule has 0 aliphatic rings. The third-order valence-corrected chi connectivity index (χ3v) is 2.45. The Morgan fingerprint density at radius 1 is 1.33 bits per heavy atom. The summed E-state index contributed by atoms with van der Waals surface area (Å²) in [5.41, 5.74) is 1.06. The van der Waals surface area contributed by atoms with Crippen molar-refractivity contribution in [1.82, 2.24) is 5.32 Å². The summed E-state index contributed by atoms with van der Waals surface area (Å²) in [5.74, 6) is 0.543. The van der Waals surface area contributed by atoms with E-state index < -0.39 is 0 Å². The van der Waals surface area contributed by atoms with Crippen molar-refractivity contribution in [2.24, 2.45) is 5.92 Å². The minimum Gasteiger partial charge on any atom is -0.508 e. The van der Waals surface area contributed by atoms with Gasteiger partial charge in [-0.05, 0) is 30.5 Å². The average Bonchev–Trinajstić information content (AvgIpc) is 2.25. The molecule has 84 valence electrons. The van der Waals surface area contributed by atoms with Crippen LogP contribution in [-0.4, -0.2) is 23.4 Å². The molecule has 0 aliphatic carbocycles. The molecule has 1 aromatic rings. The van der Waals surface area contributed by atoms with Gasteiger partial charge >= 0.3 is 0 Å². The largest absolute Gasteiger partial charge is 0.508 e. The number of phenolic OH excluding ortho intramolecular Hbond substituents is 1. The van der Waals surface area contributed by atoms with Crippen molar-refractivity contribution >= 4 is 0 Å². The summed E-state index contributed by atoms with van der Waals surface area (Å²) in [7, 11) is 0. The molecule has 1 aromatic carbocycles. The van der Waals surface area contributed by atoms with Crippen LogP contribution in [0.15, 0.2) is 24.3 Å². The molecule has 0 heterocycles. The van der Waals surface area contributed by atoms with Crippen LogP contribution >= 0.6 is 0 Å². The van der Waals surface area contributed by atoms with Crippen LogP contribution in [0.1, 0.15) is 25.5 Å². The minimum atomic E-state index is 0.186. The number of aliphatic hydroxyl groups excluding tert-OH is 1. The number of rotatable bonds is 5. The Bertz CT molecular complexity index is 301. The molecular weight excluding hydrogens is 190 g/mol.